The van der Waals surface area contributed by atoms with Crippen molar-refractivity contribution in [3.05, 3.63) is 33.4 Å². The van der Waals surface area contributed by atoms with Gasteiger partial charge in [0.15, 0.2) is 0 Å². The fourth-order valence-corrected chi connectivity index (χ4v) is 2.23. The van der Waals surface area contributed by atoms with Crippen molar-refractivity contribution in [3.63, 3.8) is 0 Å². The summed E-state index contributed by atoms with van der Waals surface area (Å²) in [5, 5.41) is 3.59. The molecule has 0 radical (unpaired) electrons. The van der Waals surface area contributed by atoms with Crippen LogP contribution in [0.5, 0.6) is 0 Å². The van der Waals surface area contributed by atoms with Crippen LogP contribution in [0.15, 0.2) is 24.3 Å². The first kappa shape index (κ1) is 11.4. The molecule has 2 atom stereocenters. The van der Waals surface area contributed by atoms with Crippen LogP contribution in [0.4, 0.5) is 0 Å². The second-order valence-corrected chi connectivity index (χ2v) is 5.25. The normalized spacial score (nSPS) is 22.9. The van der Waals surface area contributed by atoms with Gasteiger partial charge in [-0.1, -0.05) is 12.1 Å². The molecule has 0 amide bonds. The number of benzene rings is 1. The molecule has 0 saturated carbocycles. The quantitative estimate of drug-likeness (QED) is 0.866. The van der Waals surface area contributed by atoms with Crippen LogP contribution in [0, 0.1) is 3.57 Å². The van der Waals surface area contributed by atoms with E-state index in [-0.39, 0.29) is 0 Å². The predicted molar refractivity (Wildman–Crippen MR) is 69.9 cm³/mol. The first-order valence-electron chi connectivity index (χ1n) is 5.35. The Morgan fingerprint density at radius 1 is 1.40 bits per heavy atom. The van der Waals surface area contributed by atoms with Gasteiger partial charge in [-0.2, -0.15) is 0 Å². The lowest BCUT2D eigenvalue weighted by atomic mass is 10.1. The van der Waals surface area contributed by atoms with Crippen molar-refractivity contribution in [2.75, 3.05) is 13.2 Å². The monoisotopic (exact) mass is 317 g/mol. The van der Waals surface area contributed by atoms with E-state index in [1.165, 1.54) is 9.13 Å². The van der Waals surface area contributed by atoms with Crippen molar-refractivity contribution in [3.8, 4) is 0 Å². The van der Waals surface area contributed by atoms with Crippen LogP contribution in [-0.4, -0.2) is 19.3 Å². The molecule has 2 unspecified atom stereocenters. The molecule has 0 spiro atoms. The van der Waals surface area contributed by atoms with Crippen LogP contribution in [0.1, 0.15) is 24.9 Å². The summed E-state index contributed by atoms with van der Waals surface area (Å²) in [5.41, 5.74) is 1.35. The van der Waals surface area contributed by atoms with Gasteiger partial charge in [0.05, 0.1) is 6.61 Å². The van der Waals surface area contributed by atoms with E-state index >= 15 is 0 Å². The van der Waals surface area contributed by atoms with Gasteiger partial charge in [-0.15, -0.1) is 0 Å². The van der Waals surface area contributed by atoms with Crippen LogP contribution in [0.3, 0.4) is 0 Å². The number of hydrogen-bond donors (Lipinski definition) is 1. The zero-order valence-corrected chi connectivity index (χ0v) is 11.0. The van der Waals surface area contributed by atoms with E-state index < -0.39 is 0 Å². The lowest BCUT2D eigenvalue weighted by Gasteiger charge is -2.18. The van der Waals surface area contributed by atoms with Crippen LogP contribution in [-0.2, 0) is 4.74 Å². The molecule has 1 aliphatic heterocycles. The second kappa shape index (κ2) is 5.27. The van der Waals surface area contributed by atoms with Crippen molar-refractivity contribution in [2.45, 2.75) is 25.4 Å². The van der Waals surface area contributed by atoms with Crippen molar-refractivity contribution in [1.82, 2.24) is 5.32 Å². The van der Waals surface area contributed by atoms with Gasteiger partial charge in [-0.3, -0.25) is 0 Å². The van der Waals surface area contributed by atoms with Gasteiger partial charge in [0.25, 0.3) is 0 Å². The highest BCUT2D eigenvalue weighted by molar-refractivity contribution is 14.1. The topological polar surface area (TPSA) is 21.3 Å². The highest BCUT2D eigenvalue weighted by Crippen LogP contribution is 2.16. The first-order chi connectivity index (χ1) is 7.25. The number of nitrogens with one attached hydrogen (secondary N) is 1. The van der Waals surface area contributed by atoms with Crippen LogP contribution < -0.4 is 5.32 Å². The molecule has 15 heavy (non-hydrogen) atoms. The number of hydrogen-bond acceptors (Lipinski definition) is 2. The van der Waals surface area contributed by atoms with Gasteiger partial charge >= 0.3 is 0 Å². The Bertz CT molecular complexity index is 306. The minimum Gasteiger partial charge on any atom is -0.380 e. The summed E-state index contributed by atoms with van der Waals surface area (Å²) in [4.78, 5) is 0. The molecule has 2 rings (SSSR count). The highest BCUT2D eigenvalue weighted by atomic mass is 127. The maximum Gasteiger partial charge on any atom is 0.0620 e. The summed E-state index contributed by atoms with van der Waals surface area (Å²) in [6, 6.07) is 9.62. The maximum absolute atomic E-state index is 5.35. The number of halogens is 1. The van der Waals surface area contributed by atoms with Gasteiger partial charge in [-0.05, 0) is 53.6 Å². The van der Waals surface area contributed by atoms with E-state index in [4.69, 9.17) is 4.74 Å². The molecule has 1 aliphatic rings. The summed E-state index contributed by atoms with van der Waals surface area (Å²) in [6.07, 6.45) is 1.13. The van der Waals surface area contributed by atoms with Crippen molar-refractivity contribution in [2.24, 2.45) is 0 Å². The summed E-state index contributed by atoms with van der Waals surface area (Å²) in [6.45, 7) is 3.96. The van der Waals surface area contributed by atoms with Gasteiger partial charge in [0.1, 0.15) is 0 Å². The van der Waals surface area contributed by atoms with Crippen LogP contribution in [0.2, 0.25) is 0 Å². The Kier molecular flexibility index (Phi) is 3.99. The molecule has 1 saturated heterocycles. The Balaban J connectivity index is 1.94. The van der Waals surface area contributed by atoms with Crippen molar-refractivity contribution >= 4 is 22.6 Å². The third-order valence-corrected chi connectivity index (χ3v) is 3.50. The molecule has 3 heteroatoms. The van der Waals surface area contributed by atoms with E-state index in [0.717, 1.165) is 19.6 Å². The molecule has 0 bridgehead atoms. The molecule has 0 aliphatic carbocycles. The summed E-state index contributed by atoms with van der Waals surface area (Å²) in [5.74, 6) is 0. The lowest BCUT2D eigenvalue weighted by Crippen LogP contribution is -2.31. The van der Waals surface area contributed by atoms with E-state index in [1.54, 1.807) is 0 Å². The summed E-state index contributed by atoms with van der Waals surface area (Å²) >= 11 is 2.33. The van der Waals surface area contributed by atoms with Crippen molar-refractivity contribution < 1.29 is 4.74 Å². The summed E-state index contributed by atoms with van der Waals surface area (Å²) in [7, 11) is 0. The molecule has 82 valence electrons. The van der Waals surface area contributed by atoms with E-state index in [9.17, 15) is 0 Å². The van der Waals surface area contributed by atoms with Crippen LogP contribution >= 0.6 is 22.6 Å². The third-order valence-electron chi connectivity index (χ3n) is 2.79. The fraction of sp³-hybridized carbons (Fsp3) is 0.500. The smallest absolute Gasteiger partial charge is 0.0620 e. The minimum atomic E-state index is 0.411. The Labute approximate surface area is 105 Å². The van der Waals surface area contributed by atoms with Gasteiger partial charge in [0, 0.05) is 22.3 Å². The van der Waals surface area contributed by atoms with E-state index in [0.29, 0.717) is 12.1 Å². The standard InChI is InChI=1S/C12H16INO/c1-9(14-12-6-7-15-8-12)10-2-4-11(13)5-3-10/h2-5,9,12,14H,6-8H2,1H3. The molecular formula is C12H16INO. The van der Waals surface area contributed by atoms with Crippen LogP contribution in [0.25, 0.3) is 0 Å². The first-order valence-corrected chi connectivity index (χ1v) is 6.43. The SMILES string of the molecule is CC(NC1CCOC1)c1ccc(I)cc1. The summed E-state index contributed by atoms with van der Waals surface area (Å²) < 4.78 is 6.63. The molecule has 1 aromatic carbocycles. The van der Waals surface area contributed by atoms with Crippen molar-refractivity contribution in [1.29, 1.82) is 0 Å². The average Bonchev–Trinajstić information content (AvgIpc) is 2.71. The maximum atomic E-state index is 5.35. The van der Waals surface area contributed by atoms with Gasteiger partial charge < -0.3 is 10.1 Å². The molecule has 1 aromatic rings. The predicted octanol–water partition coefficient (Wildman–Crippen LogP) is 2.73. The Morgan fingerprint density at radius 3 is 2.73 bits per heavy atom. The lowest BCUT2D eigenvalue weighted by molar-refractivity contribution is 0.188. The van der Waals surface area contributed by atoms with E-state index in [1.807, 2.05) is 0 Å². The molecular weight excluding hydrogens is 301 g/mol. The minimum absolute atomic E-state index is 0.411. The molecule has 2 nitrogen and oxygen atoms in total. The molecule has 1 fully saturated rings. The zero-order valence-electron chi connectivity index (χ0n) is 8.87. The molecule has 0 aromatic heterocycles. The Hall–Kier alpha value is -0.130. The number of ether oxygens (including phenoxy) is 1. The fourth-order valence-electron chi connectivity index (χ4n) is 1.87. The van der Waals surface area contributed by atoms with E-state index in [2.05, 4.69) is 59.1 Å². The number of rotatable bonds is 3. The highest BCUT2D eigenvalue weighted by Gasteiger charge is 2.17. The molecule has 1 N–H and O–H groups in total. The average molecular weight is 317 g/mol. The second-order valence-electron chi connectivity index (χ2n) is 4.00. The van der Waals surface area contributed by atoms with Gasteiger partial charge in [-0.25, -0.2) is 0 Å². The van der Waals surface area contributed by atoms with Gasteiger partial charge in [0.2, 0.25) is 0 Å². The third kappa shape index (κ3) is 3.16. The molecule has 1 heterocycles. The largest absolute Gasteiger partial charge is 0.380 e. The Morgan fingerprint density at radius 2 is 2.13 bits per heavy atom. The zero-order chi connectivity index (χ0) is 10.7.